The first-order valence-corrected chi connectivity index (χ1v) is 13.0. The number of phosphoric acid groups is 1. The zero-order chi connectivity index (χ0) is 27.2. The molecule has 0 radical (unpaired) electrons. The summed E-state index contributed by atoms with van der Waals surface area (Å²) in [4.78, 5) is 36.6. The third-order valence-corrected chi connectivity index (χ3v) is 6.20. The Balaban J connectivity index is 5.97. The average molecular weight is 519 g/mol. The Bertz CT molecular complexity index is 749. The van der Waals surface area contributed by atoms with Crippen molar-refractivity contribution in [3.05, 3.63) is 34.9 Å². The van der Waals surface area contributed by atoms with Gasteiger partial charge in [0.05, 0.1) is 0 Å². The minimum atomic E-state index is -4.61. The van der Waals surface area contributed by atoms with Crippen LogP contribution in [-0.2, 0) is 46.7 Å². The molecule has 0 aliphatic rings. The van der Waals surface area contributed by atoms with Gasteiger partial charge in [0.25, 0.3) is 0 Å². The first-order valence-electron chi connectivity index (χ1n) is 11.6. The van der Waals surface area contributed by atoms with E-state index in [1.165, 1.54) is 0 Å². The monoisotopic (exact) mass is 518 g/mol. The molecule has 0 N–H and O–H groups in total. The van der Waals surface area contributed by atoms with E-state index in [1.54, 1.807) is 80.5 Å². The molecule has 0 amide bonds. The lowest BCUT2D eigenvalue weighted by atomic mass is 10.3. The fourth-order valence-corrected chi connectivity index (χ4v) is 3.62. The summed E-state index contributed by atoms with van der Waals surface area (Å²) in [6, 6.07) is 0. The highest BCUT2D eigenvalue weighted by Crippen LogP contribution is 2.54. The molecule has 200 valence electrons. The van der Waals surface area contributed by atoms with Crippen LogP contribution in [0.5, 0.6) is 0 Å². The minimum absolute atomic E-state index is 0.0992. The minimum Gasteiger partial charge on any atom is -0.432 e. The summed E-state index contributed by atoms with van der Waals surface area (Å²) in [6.45, 7) is 14.5. The molecule has 0 aromatic rings. The lowest BCUT2D eigenvalue weighted by Crippen LogP contribution is -2.28. The van der Waals surface area contributed by atoms with Crippen LogP contribution in [0.2, 0.25) is 0 Å². The van der Waals surface area contributed by atoms with Crippen LogP contribution in [0.25, 0.3) is 0 Å². The van der Waals surface area contributed by atoms with Crippen molar-refractivity contribution in [2.24, 2.45) is 0 Å². The zero-order valence-corrected chi connectivity index (χ0v) is 23.0. The van der Waals surface area contributed by atoms with Crippen LogP contribution in [0.4, 0.5) is 0 Å². The molecule has 0 fully saturated rings. The molecule has 3 atom stereocenters. The quantitative estimate of drug-likeness (QED) is 0.0853. The number of carbonyl (C=O) groups is 3. The number of phosphoric ester groups is 1. The molecular formula is C24H39O10P. The molecule has 0 saturated heterocycles. The Morgan fingerprint density at radius 3 is 1.00 bits per heavy atom. The molecule has 0 rings (SSSR count). The first kappa shape index (κ1) is 32.7. The van der Waals surface area contributed by atoms with Crippen molar-refractivity contribution in [3.63, 3.8) is 0 Å². The number of rotatable bonds is 15. The molecule has 0 spiro atoms. The SMILES string of the molecule is C/C=C(\C)C(=O)OC(CC)OP(=O)(OC(CC)OC(=O)/C(C)=C/C)OC(CC)OC(=O)/C(C)=C/C. The highest BCUT2D eigenvalue weighted by molar-refractivity contribution is 7.48. The van der Waals surface area contributed by atoms with Gasteiger partial charge in [-0.15, -0.1) is 0 Å². The number of carbonyl (C=O) groups excluding carboxylic acids is 3. The van der Waals surface area contributed by atoms with Crippen molar-refractivity contribution in [3.8, 4) is 0 Å². The Morgan fingerprint density at radius 1 is 0.600 bits per heavy atom. The van der Waals surface area contributed by atoms with Gasteiger partial charge >= 0.3 is 25.7 Å². The van der Waals surface area contributed by atoms with Crippen molar-refractivity contribution >= 4 is 25.7 Å². The summed E-state index contributed by atoms with van der Waals surface area (Å²) >= 11 is 0. The van der Waals surface area contributed by atoms with Crippen LogP contribution in [0, 0.1) is 0 Å². The highest BCUT2D eigenvalue weighted by atomic mass is 31.2. The number of ether oxygens (including phenoxy) is 3. The summed E-state index contributed by atoms with van der Waals surface area (Å²) in [5.74, 6) is -2.05. The zero-order valence-electron chi connectivity index (χ0n) is 22.1. The van der Waals surface area contributed by atoms with E-state index in [0.717, 1.165) is 0 Å². The van der Waals surface area contributed by atoms with Gasteiger partial charge in [-0.1, -0.05) is 39.0 Å². The van der Waals surface area contributed by atoms with E-state index in [1.807, 2.05) is 0 Å². The van der Waals surface area contributed by atoms with Crippen molar-refractivity contribution in [2.75, 3.05) is 0 Å². The van der Waals surface area contributed by atoms with Gasteiger partial charge in [-0.3, -0.25) is 0 Å². The normalized spacial score (nSPS) is 17.1. The predicted molar refractivity (Wildman–Crippen MR) is 130 cm³/mol. The van der Waals surface area contributed by atoms with Crippen molar-refractivity contribution in [1.82, 2.24) is 0 Å². The average Bonchev–Trinajstić information content (AvgIpc) is 2.85. The summed E-state index contributed by atoms with van der Waals surface area (Å²) in [5.41, 5.74) is 0.939. The van der Waals surface area contributed by atoms with E-state index in [4.69, 9.17) is 27.8 Å². The predicted octanol–water partition coefficient (Wildman–Crippen LogP) is 5.88. The Labute approximate surface area is 208 Å². The molecule has 0 bridgehead atoms. The van der Waals surface area contributed by atoms with Gasteiger partial charge in [-0.2, -0.15) is 0 Å². The van der Waals surface area contributed by atoms with Gasteiger partial charge in [0, 0.05) is 36.0 Å². The van der Waals surface area contributed by atoms with E-state index >= 15 is 0 Å². The second-order valence-electron chi connectivity index (χ2n) is 7.41. The van der Waals surface area contributed by atoms with E-state index in [0.29, 0.717) is 16.7 Å². The van der Waals surface area contributed by atoms with Crippen LogP contribution < -0.4 is 0 Å². The van der Waals surface area contributed by atoms with Gasteiger partial charge < -0.3 is 14.2 Å². The maximum atomic E-state index is 13.7. The molecule has 35 heavy (non-hydrogen) atoms. The van der Waals surface area contributed by atoms with Crippen LogP contribution in [-0.4, -0.2) is 36.8 Å². The molecule has 0 aromatic heterocycles. The Kier molecular flexibility index (Phi) is 15.4. The molecule has 0 aromatic carbocycles. The molecule has 10 nitrogen and oxygen atoms in total. The van der Waals surface area contributed by atoms with Crippen LogP contribution in [0.15, 0.2) is 34.9 Å². The fraction of sp³-hybridized carbons (Fsp3) is 0.625. The Morgan fingerprint density at radius 2 is 0.829 bits per heavy atom. The second kappa shape index (κ2) is 16.4. The van der Waals surface area contributed by atoms with E-state index < -0.39 is 44.6 Å². The van der Waals surface area contributed by atoms with Crippen LogP contribution >= 0.6 is 7.82 Å². The van der Waals surface area contributed by atoms with Crippen molar-refractivity contribution in [1.29, 1.82) is 0 Å². The highest BCUT2D eigenvalue weighted by Gasteiger charge is 2.39. The first-order chi connectivity index (χ1) is 16.4. The van der Waals surface area contributed by atoms with Gasteiger partial charge in [-0.05, 0) is 41.5 Å². The summed E-state index contributed by atoms with van der Waals surface area (Å²) in [5, 5.41) is 0. The van der Waals surface area contributed by atoms with Crippen molar-refractivity contribution in [2.45, 2.75) is 100 Å². The maximum Gasteiger partial charge on any atom is 0.484 e. The third kappa shape index (κ3) is 11.8. The van der Waals surface area contributed by atoms with Crippen molar-refractivity contribution < 1.29 is 46.7 Å². The van der Waals surface area contributed by atoms with Crippen LogP contribution in [0.1, 0.15) is 81.6 Å². The summed E-state index contributed by atoms with van der Waals surface area (Å²) in [7, 11) is -4.61. The summed E-state index contributed by atoms with van der Waals surface area (Å²) in [6.07, 6.45) is 0.986. The van der Waals surface area contributed by atoms with Gasteiger partial charge in [0.1, 0.15) is 0 Å². The molecule has 11 heteroatoms. The molecule has 0 aliphatic heterocycles. The standard InChI is InChI=1S/C24H39O10P/c1-10-16(7)22(25)29-19(13-4)32-35(28,33-20(14-5)30-23(26)17(8)11-2)34-21(15-6)31-24(27)18(9)12-3/h10-12,19-21H,13-15H2,1-9H3/b16-10+,17-11+,18-12+. The smallest absolute Gasteiger partial charge is 0.432 e. The van der Waals surface area contributed by atoms with E-state index in [2.05, 4.69) is 0 Å². The lowest BCUT2D eigenvalue weighted by molar-refractivity contribution is -0.179. The largest absolute Gasteiger partial charge is 0.484 e. The molecule has 0 saturated carbocycles. The fourth-order valence-electron chi connectivity index (χ4n) is 2.04. The van der Waals surface area contributed by atoms with Crippen LogP contribution in [0.3, 0.4) is 0 Å². The molecule has 0 heterocycles. The van der Waals surface area contributed by atoms with Gasteiger partial charge in [0.15, 0.2) is 0 Å². The molecule has 3 unspecified atom stereocenters. The topological polar surface area (TPSA) is 124 Å². The lowest BCUT2D eigenvalue weighted by Gasteiger charge is -2.28. The van der Waals surface area contributed by atoms with Gasteiger partial charge in [0.2, 0.25) is 18.9 Å². The number of esters is 3. The van der Waals surface area contributed by atoms with E-state index in [-0.39, 0.29) is 19.3 Å². The maximum absolute atomic E-state index is 13.7. The van der Waals surface area contributed by atoms with Gasteiger partial charge in [-0.25, -0.2) is 32.5 Å². The number of allylic oxidation sites excluding steroid dienone is 3. The molecular weight excluding hydrogens is 479 g/mol. The number of hydrogen-bond acceptors (Lipinski definition) is 10. The molecule has 0 aliphatic carbocycles. The summed E-state index contributed by atoms with van der Waals surface area (Å²) < 4.78 is 45.9. The van der Waals surface area contributed by atoms with E-state index in [9.17, 15) is 18.9 Å². The third-order valence-electron chi connectivity index (χ3n) is 4.72. The Hall–Kier alpha value is -2.26. The number of hydrogen-bond donors (Lipinski definition) is 0. The second-order valence-corrected chi connectivity index (χ2v) is 8.93.